The van der Waals surface area contributed by atoms with Gasteiger partial charge in [0, 0.05) is 19.5 Å². The average molecular weight is 198 g/mol. The normalized spacial score (nSPS) is 24.0. The summed E-state index contributed by atoms with van der Waals surface area (Å²) in [6.45, 7) is 0.934. The van der Waals surface area contributed by atoms with Crippen LogP contribution < -0.4 is 5.32 Å². The maximum atomic E-state index is 13.7. The second-order valence-corrected chi connectivity index (χ2v) is 3.72. The minimum Gasteiger partial charge on any atom is -0.311 e. The fraction of sp³-hybridized carbons (Fsp3) is 0.778. The lowest BCUT2D eigenvalue weighted by molar-refractivity contribution is 0.258. The molecule has 0 aliphatic carbocycles. The van der Waals surface area contributed by atoms with E-state index in [9.17, 15) is 4.39 Å². The zero-order chi connectivity index (χ0) is 9.97. The Morgan fingerprint density at radius 1 is 1.79 bits per heavy atom. The fourth-order valence-corrected chi connectivity index (χ4v) is 1.84. The van der Waals surface area contributed by atoms with Gasteiger partial charge in [-0.1, -0.05) is 0 Å². The third-order valence-corrected chi connectivity index (χ3v) is 2.72. The molecule has 1 aromatic heterocycles. The monoisotopic (exact) mass is 198 g/mol. The molecule has 4 nitrogen and oxygen atoms in total. The third-order valence-electron chi connectivity index (χ3n) is 2.72. The van der Waals surface area contributed by atoms with E-state index in [4.69, 9.17) is 0 Å². The second kappa shape index (κ2) is 4.04. The first-order valence-corrected chi connectivity index (χ1v) is 4.97. The third kappa shape index (κ3) is 1.92. The van der Waals surface area contributed by atoms with Gasteiger partial charge in [0.2, 0.25) is 0 Å². The van der Waals surface area contributed by atoms with E-state index in [2.05, 4.69) is 15.4 Å². The molecule has 5 heteroatoms. The Balaban J connectivity index is 1.93. The summed E-state index contributed by atoms with van der Waals surface area (Å²) in [5, 5.41) is 7.07. The summed E-state index contributed by atoms with van der Waals surface area (Å²) in [5.41, 5.74) is 0. The van der Waals surface area contributed by atoms with E-state index < -0.39 is 6.17 Å². The highest BCUT2D eigenvalue weighted by Crippen LogP contribution is 2.15. The van der Waals surface area contributed by atoms with Crippen LogP contribution in [0.3, 0.4) is 0 Å². The smallest absolute Gasteiger partial charge is 0.138 e. The summed E-state index contributed by atoms with van der Waals surface area (Å²) >= 11 is 0. The first kappa shape index (κ1) is 9.58. The van der Waals surface area contributed by atoms with Crippen LogP contribution in [0.4, 0.5) is 4.39 Å². The molecule has 0 bridgehead atoms. The lowest BCUT2D eigenvalue weighted by Gasteiger charge is -2.14. The standard InChI is InChI=1S/C9H15FN4/c1-14-9(12-6-13-14)5-7(10)8-3-2-4-11-8/h6-8,11H,2-5H2,1H3. The molecular weight excluding hydrogens is 183 g/mol. The molecule has 2 heterocycles. The van der Waals surface area contributed by atoms with Crippen molar-refractivity contribution >= 4 is 0 Å². The zero-order valence-electron chi connectivity index (χ0n) is 8.28. The van der Waals surface area contributed by atoms with E-state index in [-0.39, 0.29) is 6.04 Å². The van der Waals surface area contributed by atoms with E-state index in [1.165, 1.54) is 6.33 Å². The number of alkyl halides is 1. The van der Waals surface area contributed by atoms with Gasteiger partial charge in [0.25, 0.3) is 0 Å². The highest BCUT2D eigenvalue weighted by molar-refractivity contribution is 4.92. The number of nitrogens with zero attached hydrogens (tertiary/aromatic N) is 3. The molecule has 78 valence electrons. The first-order chi connectivity index (χ1) is 6.77. The quantitative estimate of drug-likeness (QED) is 0.766. The van der Waals surface area contributed by atoms with E-state index in [1.54, 1.807) is 11.7 Å². The van der Waals surface area contributed by atoms with Gasteiger partial charge in [-0.2, -0.15) is 5.10 Å². The Bertz CT molecular complexity index is 293. The van der Waals surface area contributed by atoms with Crippen molar-refractivity contribution in [3.05, 3.63) is 12.2 Å². The summed E-state index contributed by atoms with van der Waals surface area (Å²) in [5.74, 6) is 0.714. The lowest BCUT2D eigenvalue weighted by Crippen LogP contribution is -2.33. The summed E-state index contributed by atoms with van der Waals surface area (Å²) in [7, 11) is 1.79. The number of hydrogen-bond acceptors (Lipinski definition) is 3. The molecule has 1 aliphatic rings. The minimum absolute atomic E-state index is 0.00620. The number of aryl methyl sites for hydroxylation is 1. The van der Waals surface area contributed by atoms with Gasteiger partial charge < -0.3 is 5.32 Å². The molecule has 0 amide bonds. The van der Waals surface area contributed by atoms with Gasteiger partial charge in [-0.3, -0.25) is 4.68 Å². The molecule has 0 radical (unpaired) electrons. The second-order valence-electron chi connectivity index (χ2n) is 3.72. The van der Waals surface area contributed by atoms with Gasteiger partial charge in [-0.25, -0.2) is 9.37 Å². The van der Waals surface area contributed by atoms with Gasteiger partial charge >= 0.3 is 0 Å². The molecule has 2 rings (SSSR count). The van der Waals surface area contributed by atoms with E-state index in [0.29, 0.717) is 12.2 Å². The van der Waals surface area contributed by atoms with E-state index in [0.717, 1.165) is 19.4 Å². The van der Waals surface area contributed by atoms with Gasteiger partial charge in [0.1, 0.15) is 18.3 Å². The van der Waals surface area contributed by atoms with Crippen molar-refractivity contribution in [2.24, 2.45) is 7.05 Å². The Morgan fingerprint density at radius 3 is 3.21 bits per heavy atom. The lowest BCUT2D eigenvalue weighted by atomic mass is 10.1. The summed E-state index contributed by atoms with van der Waals surface area (Å²) in [6, 6.07) is 0.00620. The first-order valence-electron chi connectivity index (χ1n) is 4.97. The van der Waals surface area contributed by atoms with Crippen LogP contribution >= 0.6 is 0 Å². The maximum absolute atomic E-state index is 13.7. The number of rotatable bonds is 3. The molecule has 0 spiro atoms. The molecular formula is C9H15FN4. The molecule has 1 N–H and O–H groups in total. The van der Waals surface area contributed by atoms with Crippen LogP contribution in [-0.4, -0.2) is 33.5 Å². The summed E-state index contributed by atoms with van der Waals surface area (Å²) < 4.78 is 15.3. The number of halogens is 1. The molecule has 1 aromatic rings. The van der Waals surface area contributed by atoms with E-state index in [1.807, 2.05) is 0 Å². The predicted octanol–water partition coefficient (Wildman–Crippen LogP) is 0.448. The van der Waals surface area contributed by atoms with E-state index >= 15 is 0 Å². The molecule has 2 unspecified atom stereocenters. The van der Waals surface area contributed by atoms with Crippen LogP contribution in [-0.2, 0) is 13.5 Å². The van der Waals surface area contributed by atoms with Gasteiger partial charge in [-0.05, 0) is 19.4 Å². The van der Waals surface area contributed by atoms with Gasteiger partial charge in [-0.15, -0.1) is 0 Å². The van der Waals surface area contributed by atoms with Crippen molar-refractivity contribution in [2.75, 3.05) is 6.54 Å². The zero-order valence-corrected chi connectivity index (χ0v) is 8.28. The SMILES string of the molecule is Cn1ncnc1CC(F)C1CCCN1. The van der Waals surface area contributed by atoms with Gasteiger partial charge in [0.05, 0.1) is 0 Å². The van der Waals surface area contributed by atoms with Crippen molar-refractivity contribution in [3.8, 4) is 0 Å². The Labute approximate surface area is 82.5 Å². The molecule has 2 atom stereocenters. The number of nitrogens with one attached hydrogen (secondary N) is 1. The van der Waals surface area contributed by atoms with Crippen molar-refractivity contribution in [3.63, 3.8) is 0 Å². The number of aromatic nitrogens is 3. The molecule has 1 aliphatic heterocycles. The average Bonchev–Trinajstić information content (AvgIpc) is 2.77. The largest absolute Gasteiger partial charge is 0.311 e. The van der Waals surface area contributed by atoms with Crippen LogP contribution in [0.5, 0.6) is 0 Å². The Morgan fingerprint density at radius 2 is 2.64 bits per heavy atom. The molecule has 0 aromatic carbocycles. The molecule has 0 saturated carbocycles. The Kier molecular flexibility index (Phi) is 2.77. The minimum atomic E-state index is -0.847. The van der Waals surface area contributed by atoms with Crippen molar-refractivity contribution in [1.29, 1.82) is 0 Å². The van der Waals surface area contributed by atoms with Crippen molar-refractivity contribution in [1.82, 2.24) is 20.1 Å². The van der Waals surface area contributed by atoms with Crippen LogP contribution in [0, 0.1) is 0 Å². The molecule has 14 heavy (non-hydrogen) atoms. The Hall–Kier alpha value is -0.970. The molecule has 1 saturated heterocycles. The highest BCUT2D eigenvalue weighted by Gasteiger charge is 2.25. The van der Waals surface area contributed by atoms with Gasteiger partial charge in [0.15, 0.2) is 0 Å². The summed E-state index contributed by atoms with van der Waals surface area (Å²) in [6.07, 6.45) is 2.97. The topological polar surface area (TPSA) is 42.7 Å². The van der Waals surface area contributed by atoms with Crippen LogP contribution in [0.2, 0.25) is 0 Å². The highest BCUT2D eigenvalue weighted by atomic mass is 19.1. The predicted molar refractivity (Wildman–Crippen MR) is 50.6 cm³/mol. The van der Waals surface area contributed by atoms with Crippen LogP contribution in [0.15, 0.2) is 6.33 Å². The number of hydrogen-bond donors (Lipinski definition) is 1. The maximum Gasteiger partial charge on any atom is 0.138 e. The van der Waals surface area contributed by atoms with Crippen LogP contribution in [0.25, 0.3) is 0 Å². The van der Waals surface area contributed by atoms with Crippen molar-refractivity contribution in [2.45, 2.75) is 31.5 Å². The van der Waals surface area contributed by atoms with Crippen molar-refractivity contribution < 1.29 is 4.39 Å². The molecule has 1 fully saturated rings. The fourth-order valence-electron chi connectivity index (χ4n) is 1.84. The van der Waals surface area contributed by atoms with Crippen LogP contribution in [0.1, 0.15) is 18.7 Å². The summed E-state index contributed by atoms with van der Waals surface area (Å²) in [4.78, 5) is 4.01.